The van der Waals surface area contributed by atoms with E-state index in [9.17, 15) is 4.79 Å². The van der Waals surface area contributed by atoms with Gasteiger partial charge in [-0.2, -0.15) is 0 Å². The van der Waals surface area contributed by atoms with E-state index in [1.165, 1.54) is 11.3 Å². The first kappa shape index (κ1) is 15.0. The molecule has 0 fully saturated rings. The third kappa shape index (κ3) is 3.79. The third-order valence-electron chi connectivity index (χ3n) is 2.87. The van der Waals surface area contributed by atoms with Gasteiger partial charge in [0.15, 0.2) is 0 Å². The lowest BCUT2D eigenvalue weighted by Crippen LogP contribution is -2.33. The van der Waals surface area contributed by atoms with Crippen LogP contribution in [-0.4, -0.2) is 28.5 Å². The second-order valence-corrected chi connectivity index (χ2v) is 5.61. The van der Waals surface area contributed by atoms with Gasteiger partial charge in [-0.3, -0.25) is 4.79 Å². The lowest BCUT2D eigenvalue weighted by atomic mass is 10.2. The zero-order chi connectivity index (χ0) is 15.2. The number of rotatable bonds is 5. The van der Waals surface area contributed by atoms with Crippen LogP contribution in [0.3, 0.4) is 0 Å². The average molecular weight is 304 g/mol. The number of hydrogen-bond donors (Lipinski definition) is 2. The van der Waals surface area contributed by atoms with Gasteiger partial charge in [0.05, 0.1) is 11.2 Å². The van der Waals surface area contributed by atoms with Gasteiger partial charge in [-0.05, 0) is 19.1 Å². The van der Waals surface area contributed by atoms with Gasteiger partial charge in [-0.1, -0.05) is 23.4 Å². The number of amides is 1. The highest BCUT2D eigenvalue weighted by Gasteiger charge is 2.19. The minimum atomic E-state index is -0.141. The molecular formula is C14H16N4O2S. The highest BCUT2D eigenvalue weighted by Crippen LogP contribution is 2.20. The van der Waals surface area contributed by atoms with E-state index in [4.69, 9.17) is 10.9 Å². The number of nitrogens with two attached hydrogens (primary N) is 1. The molecule has 2 aromatic rings. The van der Waals surface area contributed by atoms with Crippen LogP contribution in [0.4, 0.5) is 5.69 Å². The Hall–Kier alpha value is -2.41. The van der Waals surface area contributed by atoms with Crippen LogP contribution in [0.5, 0.6) is 0 Å². The number of aromatic nitrogens is 1. The van der Waals surface area contributed by atoms with E-state index in [-0.39, 0.29) is 18.2 Å². The maximum atomic E-state index is 12.6. The second-order valence-electron chi connectivity index (χ2n) is 4.38. The van der Waals surface area contributed by atoms with Gasteiger partial charge >= 0.3 is 0 Å². The zero-order valence-corrected chi connectivity index (χ0v) is 12.4. The van der Waals surface area contributed by atoms with E-state index in [2.05, 4.69) is 10.1 Å². The van der Waals surface area contributed by atoms with Crippen LogP contribution in [0, 0.1) is 6.92 Å². The van der Waals surface area contributed by atoms with E-state index in [1.54, 1.807) is 11.1 Å². The van der Waals surface area contributed by atoms with Gasteiger partial charge in [0.1, 0.15) is 10.7 Å². The Kier molecular flexibility index (Phi) is 4.89. The Balaban J connectivity index is 2.25. The summed E-state index contributed by atoms with van der Waals surface area (Å²) in [5, 5.41) is 12.4. The topological polar surface area (TPSA) is 91.8 Å². The Morgan fingerprint density at radius 2 is 2.14 bits per heavy atom. The van der Waals surface area contributed by atoms with Crippen molar-refractivity contribution in [3.63, 3.8) is 0 Å². The lowest BCUT2D eigenvalue weighted by molar-refractivity contribution is 0.0991. The smallest absolute Gasteiger partial charge is 0.270 e. The van der Waals surface area contributed by atoms with Gasteiger partial charge in [-0.15, -0.1) is 11.3 Å². The number of carbonyl (C=O) groups is 1. The molecule has 6 nitrogen and oxygen atoms in total. The summed E-state index contributed by atoms with van der Waals surface area (Å²) in [6.07, 6.45) is 1.86. The fourth-order valence-electron chi connectivity index (χ4n) is 1.83. The highest BCUT2D eigenvalue weighted by molar-refractivity contribution is 7.13. The van der Waals surface area contributed by atoms with Gasteiger partial charge in [-0.25, -0.2) is 4.98 Å². The number of amidine groups is 1. The van der Waals surface area contributed by atoms with Crippen LogP contribution in [0.2, 0.25) is 0 Å². The minimum Gasteiger partial charge on any atom is -0.409 e. The molecule has 1 aromatic carbocycles. The van der Waals surface area contributed by atoms with Crippen molar-refractivity contribution in [2.45, 2.75) is 13.3 Å². The maximum absolute atomic E-state index is 12.6. The van der Waals surface area contributed by atoms with E-state index in [0.29, 0.717) is 11.4 Å². The molecule has 0 unspecified atom stereocenters. The van der Waals surface area contributed by atoms with Crippen molar-refractivity contribution in [2.24, 2.45) is 10.9 Å². The molecule has 7 heteroatoms. The predicted octanol–water partition coefficient (Wildman–Crippen LogP) is 2.23. The normalized spacial score (nSPS) is 11.4. The largest absolute Gasteiger partial charge is 0.409 e. The SMILES string of the molecule is Cc1ncc(C(=O)N(CC/C(N)=N/O)c2ccccc2)s1. The molecule has 0 radical (unpaired) electrons. The number of anilines is 1. The summed E-state index contributed by atoms with van der Waals surface area (Å²) in [5.74, 6) is -0.0539. The monoisotopic (exact) mass is 304 g/mol. The molecule has 0 aliphatic heterocycles. The highest BCUT2D eigenvalue weighted by atomic mass is 32.1. The molecule has 3 N–H and O–H groups in total. The van der Waals surface area contributed by atoms with Crippen LogP contribution >= 0.6 is 11.3 Å². The summed E-state index contributed by atoms with van der Waals surface area (Å²) in [5.41, 5.74) is 6.26. The van der Waals surface area contributed by atoms with E-state index < -0.39 is 0 Å². The molecule has 1 amide bonds. The van der Waals surface area contributed by atoms with Crippen molar-refractivity contribution in [2.75, 3.05) is 11.4 Å². The van der Waals surface area contributed by atoms with E-state index in [1.807, 2.05) is 37.3 Å². The predicted molar refractivity (Wildman–Crippen MR) is 83.0 cm³/mol. The maximum Gasteiger partial charge on any atom is 0.270 e. The second kappa shape index (κ2) is 6.85. The molecule has 0 atom stereocenters. The van der Waals surface area contributed by atoms with Crippen molar-refractivity contribution in [3.05, 3.63) is 46.4 Å². The summed E-state index contributed by atoms with van der Waals surface area (Å²) in [6, 6.07) is 9.29. The van der Waals surface area contributed by atoms with Crippen LogP contribution < -0.4 is 10.6 Å². The summed E-state index contributed by atoms with van der Waals surface area (Å²) in [4.78, 5) is 18.9. The quantitative estimate of drug-likeness (QED) is 0.383. The van der Waals surface area contributed by atoms with Crippen molar-refractivity contribution in [3.8, 4) is 0 Å². The molecule has 0 aliphatic carbocycles. The van der Waals surface area contributed by atoms with Crippen LogP contribution in [0.1, 0.15) is 21.1 Å². The Labute approximate surface area is 126 Å². The average Bonchev–Trinajstić information content (AvgIpc) is 2.94. The summed E-state index contributed by atoms with van der Waals surface area (Å²) < 4.78 is 0. The number of para-hydroxylation sites is 1. The van der Waals surface area contributed by atoms with Gasteiger partial charge in [0.2, 0.25) is 0 Å². The molecule has 110 valence electrons. The number of oxime groups is 1. The fourth-order valence-corrected chi connectivity index (χ4v) is 2.55. The minimum absolute atomic E-state index is 0.0872. The summed E-state index contributed by atoms with van der Waals surface area (Å²) in [7, 11) is 0. The van der Waals surface area contributed by atoms with E-state index in [0.717, 1.165) is 10.7 Å². The van der Waals surface area contributed by atoms with Gasteiger partial charge < -0.3 is 15.8 Å². The van der Waals surface area contributed by atoms with Crippen LogP contribution in [0.15, 0.2) is 41.7 Å². The molecule has 0 bridgehead atoms. The molecule has 1 heterocycles. The number of benzene rings is 1. The van der Waals surface area contributed by atoms with Gasteiger partial charge in [0.25, 0.3) is 5.91 Å². The number of thiazole rings is 1. The third-order valence-corrected chi connectivity index (χ3v) is 3.77. The first-order valence-electron chi connectivity index (χ1n) is 6.37. The van der Waals surface area contributed by atoms with Crippen molar-refractivity contribution in [1.82, 2.24) is 4.98 Å². The number of nitrogens with zero attached hydrogens (tertiary/aromatic N) is 3. The zero-order valence-electron chi connectivity index (χ0n) is 11.6. The molecule has 0 spiro atoms. The Morgan fingerprint density at radius 1 is 1.43 bits per heavy atom. The van der Waals surface area contributed by atoms with Crippen molar-refractivity contribution >= 4 is 28.8 Å². The Morgan fingerprint density at radius 3 is 2.71 bits per heavy atom. The van der Waals surface area contributed by atoms with Crippen molar-refractivity contribution < 1.29 is 10.0 Å². The first-order chi connectivity index (χ1) is 10.1. The first-order valence-corrected chi connectivity index (χ1v) is 7.19. The molecule has 0 saturated heterocycles. The Bertz CT molecular complexity index is 639. The van der Waals surface area contributed by atoms with Crippen molar-refractivity contribution in [1.29, 1.82) is 0 Å². The van der Waals surface area contributed by atoms with Crippen LogP contribution in [0.25, 0.3) is 0 Å². The number of carbonyl (C=O) groups excluding carboxylic acids is 1. The molecule has 0 aliphatic rings. The van der Waals surface area contributed by atoms with E-state index >= 15 is 0 Å². The summed E-state index contributed by atoms with van der Waals surface area (Å²) >= 11 is 1.35. The molecule has 1 aromatic heterocycles. The summed E-state index contributed by atoms with van der Waals surface area (Å²) in [6.45, 7) is 2.18. The molecular weight excluding hydrogens is 288 g/mol. The number of aryl methyl sites for hydroxylation is 1. The molecule has 2 rings (SSSR count). The van der Waals surface area contributed by atoms with Crippen LogP contribution in [-0.2, 0) is 0 Å². The lowest BCUT2D eigenvalue weighted by Gasteiger charge is -2.21. The standard InChI is InChI=1S/C14H16N4O2S/c1-10-16-9-12(21-10)14(19)18(8-7-13(15)17-20)11-5-3-2-4-6-11/h2-6,9,20H,7-8H2,1H3,(H2,15,17). The molecule has 21 heavy (non-hydrogen) atoms. The number of hydrogen-bond acceptors (Lipinski definition) is 5. The van der Waals surface area contributed by atoms with Gasteiger partial charge in [0, 0.05) is 18.7 Å². The molecule has 0 saturated carbocycles. The fraction of sp³-hybridized carbons (Fsp3) is 0.214.